The molecule has 3 rings (SSSR count). The summed E-state index contributed by atoms with van der Waals surface area (Å²) in [6.45, 7) is 7.31. The monoisotopic (exact) mass is 222 g/mol. The molecule has 2 N–H and O–H groups in total. The molecule has 2 aliphatic heterocycles. The average Bonchev–Trinajstić information content (AvgIpc) is 2.90. The van der Waals surface area contributed by atoms with Crippen molar-refractivity contribution in [1.29, 1.82) is 0 Å². The summed E-state index contributed by atoms with van der Waals surface area (Å²) in [5.74, 6) is 0. The maximum atomic E-state index is 4.13. The maximum absolute atomic E-state index is 4.13. The summed E-state index contributed by atoms with van der Waals surface area (Å²) in [6, 6.07) is 0. The van der Waals surface area contributed by atoms with Crippen molar-refractivity contribution in [2.75, 3.05) is 20.1 Å². The molecule has 0 saturated carbocycles. The van der Waals surface area contributed by atoms with Crippen LogP contribution in [-0.4, -0.2) is 35.2 Å². The lowest BCUT2D eigenvalue weighted by molar-refractivity contribution is 0.166. The van der Waals surface area contributed by atoms with E-state index in [1.54, 1.807) is 0 Å². The summed E-state index contributed by atoms with van der Waals surface area (Å²) in [4.78, 5) is 2.39. The van der Waals surface area contributed by atoms with E-state index in [9.17, 15) is 0 Å². The molecule has 16 heavy (non-hydrogen) atoms. The molecule has 1 fully saturated rings. The Bertz CT molecular complexity index is 337. The fraction of sp³-hybridized carbons (Fsp3) is 0.750. The zero-order chi connectivity index (χ0) is 11.6. The largest absolute Gasteiger partial charge is 0.306 e. The van der Waals surface area contributed by atoms with Crippen molar-refractivity contribution in [2.24, 2.45) is 0 Å². The van der Waals surface area contributed by atoms with Crippen LogP contribution in [0.4, 0.5) is 0 Å². The molecule has 0 unspecified atom stereocenters. The van der Waals surface area contributed by atoms with Crippen LogP contribution in [-0.2, 0) is 12.1 Å². The molecule has 0 atom stereocenters. The predicted molar refractivity (Wildman–Crippen MR) is 65.2 cm³/mol. The smallest absolute Gasteiger partial charge is 0.0541 e. The summed E-state index contributed by atoms with van der Waals surface area (Å²) in [7, 11) is 2.19. The first-order valence-corrected chi connectivity index (χ1v) is 6.26. The summed E-state index contributed by atoms with van der Waals surface area (Å²) >= 11 is 0. The van der Waals surface area contributed by atoms with Gasteiger partial charge >= 0.3 is 0 Å². The highest BCUT2D eigenvalue weighted by molar-refractivity contribution is 5.32. The minimum Gasteiger partial charge on any atom is -0.306 e. The van der Waals surface area contributed by atoms with Gasteiger partial charge in [-0.25, -0.2) is 0 Å². The molecule has 0 aromatic carbocycles. The topological polar surface area (TPSA) is 44.0 Å². The Morgan fingerprint density at radius 3 is 2.69 bits per heavy atom. The fourth-order valence-corrected chi connectivity index (χ4v) is 2.66. The van der Waals surface area contributed by atoms with Gasteiger partial charge in [0.15, 0.2) is 0 Å². The van der Waals surface area contributed by atoms with Crippen molar-refractivity contribution < 1.29 is 0 Å². The van der Waals surface area contributed by atoms with Crippen LogP contribution in [0.5, 0.6) is 0 Å². The molecule has 0 radical (unpaired) electrons. The van der Waals surface area contributed by atoms with E-state index in [0.717, 1.165) is 6.54 Å². The second-order valence-corrected chi connectivity index (χ2v) is 4.50. The number of hydrogen-bond acceptors (Lipinski definition) is 3. The van der Waals surface area contributed by atoms with Gasteiger partial charge in [0.25, 0.3) is 0 Å². The standard InChI is InChI=1S/C10H16N4.C2H6/c1-14-4-2-10(3-5-14)8-6-12-13-9(8)7-11-10;1-2/h6,11H,2-5,7H2,1H3,(H,12,13);1-2H3. The molecular weight excluding hydrogens is 200 g/mol. The minimum atomic E-state index is 0.231. The van der Waals surface area contributed by atoms with E-state index in [4.69, 9.17) is 0 Å². The van der Waals surface area contributed by atoms with Gasteiger partial charge in [0, 0.05) is 17.6 Å². The van der Waals surface area contributed by atoms with E-state index < -0.39 is 0 Å². The molecule has 4 nitrogen and oxygen atoms in total. The summed E-state index contributed by atoms with van der Waals surface area (Å²) in [5, 5.41) is 10.8. The van der Waals surface area contributed by atoms with E-state index in [1.807, 2.05) is 20.0 Å². The highest BCUT2D eigenvalue weighted by Crippen LogP contribution is 2.38. The Hall–Kier alpha value is -0.870. The third-order valence-corrected chi connectivity index (χ3v) is 3.68. The van der Waals surface area contributed by atoms with Crippen LogP contribution in [0.3, 0.4) is 0 Å². The molecule has 1 aromatic heterocycles. The van der Waals surface area contributed by atoms with E-state index >= 15 is 0 Å². The number of nitrogens with zero attached hydrogens (tertiary/aromatic N) is 2. The van der Waals surface area contributed by atoms with Crippen LogP contribution in [0, 0.1) is 0 Å². The number of likely N-dealkylation sites (tertiary alicyclic amines) is 1. The average molecular weight is 222 g/mol. The lowest BCUT2D eigenvalue weighted by Gasteiger charge is -2.38. The van der Waals surface area contributed by atoms with Crippen molar-refractivity contribution in [3.8, 4) is 0 Å². The maximum Gasteiger partial charge on any atom is 0.0541 e. The third kappa shape index (κ3) is 1.76. The van der Waals surface area contributed by atoms with Crippen molar-refractivity contribution in [1.82, 2.24) is 20.4 Å². The van der Waals surface area contributed by atoms with Crippen LogP contribution >= 0.6 is 0 Å². The molecule has 1 saturated heterocycles. The number of H-pyrrole nitrogens is 1. The fourth-order valence-electron chi connectivity index (χ4n) is 2.66. The Morgan fingerprint density at radius 2 is 2.00 bits per heavy atom. The Morgan fingerprint density at radius 1 is 1.31 bits per heavy atom. The molecule has 0 amide bonds. The number of piperidine rings is 1. The predicted octanol–water partition coefficient (Wildman–Crippen LogP) is 1.46. The number of nitrogens with one attached hydrogen (secondary N) is 2. The van der Waals surface area contributed by atoms with Crippen LogP contribution < -0.4 is 5.32 Å². The van der Waals surface area contributed by atoms with E-state index in [2.05, 4.69) is 27.5 Å². The molecule has 90 valence electrons. The highest BCUT2D eigenvalue weighted by Gasteiger charge is 2.41. The van der Waals surface area contributed by atoms with Crippen LogP contribution in [0.1, 0.15) is 37.9 Å². The van der Waals surface area contributed by atoms with Gasteiger partial charge in [-0.2, -0.15) is 5.10 Å². The van der Waals surface area contributed by atoms with Crippen LogP contribution in [0.2, 0.25) is 0 Å². The number of aromatic nitrogens is 2. The van der Waals surface area contributed by atoms with Gasteiger partial charge in [-0.3, -0.25) is 5.10 Å². The van der Waals surface area contributed by atoms with Crippen molar-refractivity contribution in [2.45, 2.75) is 38.8 Å². The lowest BCUT2D eigenvalue weighted by Crippen LogP contribution is -2.46. The summed E-state index contributed by atoms with van der Waals surface area (Å²) in [5.41, 5.74) is 2.93. The van der Waals surface area contributed by atoms with Crippen LogP contribution in [0.25, 0.3) is 0 Å². The summed E-state index contributed by atoms with van der Waals surface area (Å²) < 4.78 is 0. The molecule has 3 heterocycles. The first kappa shape index (κ1) is 11.6. The number of hydrogen-bond donors (Lipinski definition) is 2. The van der Waals surface area contributed by atoms with Crippen molar-refractivity contribution in [3.63, 3.8) is 0 Å². The normalized spacial score (nSPS) is 22.7. The molecule has 1 aromatic rings. The highest BCUT2D eigenvalue weighted by atomic mass is 15.2. The zero-order valence-electron chi connectivity index (χ0n) is 10.5. The van der Waals surface area contributed by atoms with E-state index in [1.165, 1.54) is 37.2 Å². The van der Waals surface area contributed by atoms with Crippen LogP contribution in [0.15, 0.2) is 6.20 Å². The van der Waals surface area contributed by atoms with E-state index in [0.29, 0.717) is 0 Å². The molecule has 2 aliphatic rings. The summed E-state index contributed by atoms with van der Waals surface area (Å²) in [6.07, 6.45) is 4.41. The SMILES string of the molecule is CC.CN1CCC2(CC1)NCc1[nH]ncc12. The number of rotatable bonds is 0. The molecule has 1 spiro atoms. The molecule has 4 heteroatoms. The van der Waals surface area contributed by atoms with Gasteiger partial charge in [0.05, 0.1) is 11.9 Å². The van der Waals surface area contributed by atoms with Gasteiger partial charge in [-0.1, -0.05) is 13.8 Å². The minimum absolute atomic E-state index is 0.231. The molecular formula is C12H22N4. The first-order chi connectivity index (χ1) is 7.80. The zero-order valence-corrected chi connectivity index (χ0v) is 10.5. The number of aromatic amines is 1. The van der Waals surface area contributed by atoms with Gasteiger partial charge in [0.1, 0.15) is 0 Å². The lowest BCUT2D eigenvalue weighted by atomic mass is 9.84. The van der Waals surface area contributed by atoms with Gasteiger partial charge in [-0.05, 0) is 33.0 Å². The van der Waals surface area contributed by atoms with Crippen molar-refractivity contribution in [3.05, 3.63) is 17.5 Å². The van der Waals surface area contributed by atoms with E-state index in [-0.39, 0.29) is 5.54 Å². The van der Waals surface area contributed by atoms with Gasteiger partial charge < -0.3 is 10.2 Å². The Labute approximate surface area is 97.4 Å². The van der Waals surface area contributed by atoms with Gasteiger partial charge in [-0.15, -0.1) is 0 Å². The Kier molecular flexibility index (Phi) is 3.30. The quantitative estimate of drug-likeness (QED) is 0.698. The first-order valence-electron chi connectivity index (χ1n) is 6.26. The molecule has 0 bridgehead atoms. The third-order valence-electron chi connectivity index (χ3n) is 3.68. The number of fused-ring (bicyclic) bond motifs is 2. The second kappa shape index (κ2) is 4.55. The van der Waals surface area contributed by atoms with Gasteiger partial charge in [0.2, 0.25) is 0 Å². The molecule has 0 aliphatic carbocycles. The Balaban J connectivity index is 0.000000457. The van der Waals surface area contributed by atoms with Crippen molar-refractivity contribution >= 4 is 0 Å². The second-order valence-electron chi connectivity index (χ2n) is 4.50.